The first-order chi connectivity index (χ1) is 16.4. The second kappa shape index (κ2) is 10.2. The highest BCUT2D eigenvalue weighted by Crippen LogP contribution is 2.36. The van der Waals surface area contributed by atoms with E-state index < -0.39 is 6.10 Å². The molecule has 0 aromatic heterocycles. The molecule has 0 saturated heterocycles. The first kappa shape index (κ1) is 23.0. The number of ether oxygens (including phenoxy) is 1. The molecular formula is C27H27N3O4. The normalized spacial score (nSPS) is 14.7. The summed E-state index contributed by atoms with van der Waals surface area (Å²) < 4.78 is 5.71. The van der Waals surface area contributed by atoms with Gasteiger partial charge in [0.2, 0.25) is 11.8 Å². The van der Waals surface area contributed by atoms with E-state index in [-0.39, 0.29) is 24.3 Å². The van der Waals surface area contributed by atoms with Crippen LogP contribution in [0.5, 0.6) is 5.75 Å². The minimum atomic E-state index is -0.716. The first-order valence-electron chi connectivity index (χ1n) is 11.2. The Balaban J connectivity index is 1.45. The van der Waals surface area contributed by atoms with Gasteiger partial charge in [-0.05, 0) is 56.2 Å². The van der Waals surface area contributed by atoms with Crippen LogP contribution in [0.15, 0.2) is 72.8 Å². The second-order valence-electron chi connectivity index (χ2n) is 8.31. The fourth-order valence-electron chi connectivity index (χ4n) is 3.75. The van der Waals surface area contributed by atoms with E-state index in [1.807, 2.05) is 49.4 Å². The Labute approximate surface area is 198 Å². The number of nitrogens with zero attached hydrogens (tertiary/aromatic N) is 1. The van der Waals surface area contributed by atoms with Gasteiger partial charge in [-0.1, -0.05) is 48.0 Å². The molecule has 3 amide bonds. The molecule has 0 fully saturated rings. The Morgan fingerprint density at radius 1 is 0.912 bits per heavy atom. The maximum Gasteiger partial charge on any atom is 0.268 e. The van der Waals surface area contributed by atoms with Crippen LogP contribution in [0.3, 0.4) is 0 Å². The van der Waals surface area contributed by atoms with E-state index in [9.17, 15) is 14.4 Å². The highest BCUT2D eigenvalue weighted by Gasteiger charge is 2.33. The summed E-state index contributed by atoms with van der Waals surface area (Å²) in [5.74, 6) is -0.298. The Hall–Kier alpha value is -4.13. The Morgan fingerprint density at radius 2 is 1.62 bits per heavy atom. The molecule has 0 aliphatic carbocycles. The summed E-state index contributed by atoms with van der Waals surface area (Å²) in [4.78, 5) is 39.4. The molecule has 1 heterocycles. The van der Waals surface area contributed by atoms with Crippen molar-refractivity contribution >= 4 is 34.8 Å². The summed E-state index contributed by atoms with van der Waals surface area (Å²) in [7, 11) is 0. The number of rotatable bonds is 7. The van der Waals surface area contributed by atoms with Gasteiger partial charge in [0.25, 0.3) is 5.91 Å². The van der Waals surface area contributed by atoms with Gasteiger partial charge in [-0.15, -0.1) is 0 Å². The Morgan fingerprint density at radius 3 is 2.35 bits per heavy atom. The summed E-state index contributed by atoms with van der Waals surface area (Å²) >= 11 is 0. The number of carbonyl (C=O) groups excluding carboxylic acids is 3. The Kier molecular flexibility index (Phi) is 6.92. The summed E-state index contributed by atoms with van der Waals surface area (Å²) in [6.45, 7) is 3.50. The predicted molar refractivity (Wildman–Crippen MR) is 132 cm³/mol. The monoisotopic (exact) mass is 457 g/mol. The van der Waals surface area contributed by atoms with Crippen LogP contribution in [0.2, 0.25) is 0 Å². The fourth-order valence-corrected chi connectivity index (χ4v) is 3.75. The number of amides is 3. The van der Waals surface area contributed by atoms with Crippen LogP contribution in [-0.4, -0.2) is 30.4 Å². The van der Waals surface area contributed by atoms with Gasteiger partial charge in [0.1, 0.15) is 12.3 Å². The van der Waals surface area contributed by atoms with Crippen molar-refractivity contribution < 1.29 is 19.1 Å². The topological polar surface area (TPSA) is 87.7 Å². The van der Waals surface area contributed by atoms with Crippen molar-refractivity contribution in [3.05, 3.63) is 83.9 Å². The number of hydrogen-bond acceptors (Lipinski definition) is 4. The van der Waals surface area contributed by atoms with Gasteiger partial charge in [0.15, 0.2) is 6.10 Å². The summed E-state index contributed by atoms with van der Waals surface area (Å²) in [6.07, 6.45) is 0.240. The van der Waals surface area contributed by atoms with Crippen molar-refractivity contribution in [2.75, 3.05) is 22.1 Å². The first-order valence-corrected chi connectivity index (χ1v) is 11.2. The number of aryl methyl sites for hydroxylation is 2. The van der Waals surface area contributed by atoms with Gasteiger partial charge >= 0.3 is 0 Å². The molecule has 1 atom stereocenters. The van der Waals surface area contributed by atoms with Crippen molar-refractivity contribution in [1.82, 2.24) is 0 Å². The minimum Gasteiger partial charge on any atom is -0.479 e. The van der Waals surface area contributed by atoms with Gasteiger partial charge in [0.05, 0.1) is 5.69 Å². The number of fused-ring (bicyclic) bond motifs is 1. The van der Waals surface area contributed by atoms with Gasteiger partial charge in [-0.3, -0.25) is 19.3 Å². The number of hydrogen-bond donors (Lipinski definition) is 2. The third-order valence-electron chi connectivity index (χ3n) is 5.57. The molecule has 0 radical (unpaired) electrons. The number of benzene rings is 3. The lowest BCUT2D eigenvalue weighted by Crippen LogP contribution is -2.47. The highest BCUT2D eigenvalue weighted by atomic mass is 16.5. The van der Waals surface area contributed by atoms with Crippen molar-refractivity contribution in [2.45, 2.75) is 32.8 Å². The maximum atomic E-state index is 12.8. The molecule has 1 aliphatic heterocycles. The van der Waals surface area contributed by atoms with Crippen molar-refractivity contribution in [1.29, 1.82) is 0 Å². The van der Waals surface area contributed by atoms with Crippen LogP contribution in [-0.2, 0) is 20.8 Å². The molecule has 34 heavy (non-hydrogen) atoms. The molecule has 4 rings (SSSR count). The van der Waals surface area contributed by atoms with Crippen LogP contribution < -0.4 is 20.3 Å². The molecule has 0 bridgehead atoms. The number of anilines is 3. The van der Waals surface area contributed by atoms with Crippen LogP contribution >= 0.6 is 0 Å². The minimum absolute atomic E-state index is 0.134. The van der Waals surface area contributed by atoms with E-state index in [2.05, 4.69) is 10.6 Å². The largest absolute Gasteiger partial charge is 0.479 e. The highest BCUT2D eigenvalue weighted by molar-refractivity contribution is 6.06. The molecule has 3 aromatic carbocycles. The summed E-state index contributed by atoms with van der Waals surface area (Å²) in [5, 5.41) is 5.68. The molecule has 3 aromatic rings. The third kappa shape index (κ3) is 5.61. The van der Waals surface area contributed by atoms with Crippen molar-refractivity contribution in [2.24, 2.45) is 0 Å². The number of carbonyl (C=O) groups is 3. The lowest BCUT2D eigenvalue weighted by Gasteiger charge is -2.33. The number of para-hydroxylation sites is 1. The molecule has 0 spiro atoms. The Bertz CT molecular complexity index is 1190. The molecule has 1 unspecified atom stereocenters. The SMILES string of the molecule is Cc1ccc(CCC(=O)Nc2ccc3c(c2)N(CC(=O)Nc2ccccc2)C(=O)C(C)O3)cc1. The smallest absolute Gasteiger partial charge is 0.268 e. The molecule has 7 heteroatoms. The molecule has 0 saturated carbocycles. The number of nitrogens with one attached hydrogen (secondary N) is 2. The zero-order valence-corrected chi connectivity index (χ0v) is 19.2. The molecule has 7 nitrogen and oxygen atoms in total. The van der Waals surface area contributed by atoms with Crippen LogP contribution in [0.1, 0.15) is 24.5 Å². The van der Waals surface area contributed by atoms with Crippen molar-refractivity contribution in [3.63, 3.8) is 0 Å². The quantitative estimate of drug-likeness (QED) is 0.553. The van der Waals surface area contributed by atoms with Gasteiger partial charge < -0.3 is 15.4 Å². The van der Waals surface area contributed by atoms with E-state index in [0.717, 1.165) is 5.56 Å². The molecular weight excluding hydrogens is 430 g/mol. The standard InChI is InChI=1S/C27H27N3O4/c1-18-8-10-20(11-9-18)12-15-25(31)29-22-13-14-24-23(16-22)30(27(33)19(2)34-24)17-26(32)28-21-6-4-3-5-7-21/h3-11,13-14,16,19H,12,15,17H2,1-2H3,(H,28,32)(H,29,31). The zero-order chi connectivity index (χ0) is 24.1. The summed E-state index contributed by atoms with van der Waals surface area (Å²) in [5.41, 5.74) is 3.90. The van der Waals surface area contributed by atoms with E-state index >= 15 is 0 Å². The van der Waals surface area contributed by atoms with E-state index in [0.29, 0.717) is 35.7 Å². The average molecular weight is 458 g/mol. The van der Waals surface area contributed by atoms with Gasteiger partial charge in [-0.2, -0.15) is 0 Å². The third-order valence-corrected chi connectivity index (χ3v) is 5.57. The van der Waals surface area contributed by atoms with Gasteiger partial charge in [-0.25, -0.2) is 0 Å². The summed E-state index contributed by atoms with van der Waals surface area (Å²) in [6, 6.07) is 22.2. The molecule has 2 N–H and O–H groups in total. The lowest BCUT2D eigenvalue weighted by molar-refractivity contribution is -0.127. The van der Waals surface area contributed by atoms with E-state index in [1.54, 1.807) is 37.3 Å². The predicted octanol–water partition coefficient (Wildman–Crippen LogP) is 4.32. The maximum absolute atomic E-state index is 12.8. The van der Waals surface area contributed by atoms with E-state index in [4.69, 9.17) is 4.74 Å². The zero-order valence-electron chi connectivity index (χ0n) is 19.2. The van der Waals surface area contributed by atoms with Crippen LogP contribution in [0, 0.1) is 6.92 Å². The van der Waals surface area contributed by atoms with Crippen molar-refractivity contribution in [3.8, 4) is 5.75 Å². The molecule has 1 aliphatic rings. The molecule has 174 valence electrons. The second-order valence-corrected chi connectivity index (χ2v) is 8.31. The fraction of sp³-hybridized carbons (Fsp3) is 0.222. The van der Waals surface area contributed by atoms with Crippen LogP contribution in [0.4, 0.5) is 17.1 Å². The van der Waals surface area contributed by atoms with Gasteiger partial charge in [0, 0.05) is 17.8 Å². The lowest BCUT2D eigenvalue weighted by atomic mass is 10.1. The van der Waals surface area contributed by atoms with Crippen LogP contribution in [0.25, 0.3) is 0 Å². The average Bonchev–Trinajstić information content (AvgIpc) is 2.82. The van der Waals surface area contributed by atoms with E-state index in [1.165, 1.54) is 10.5 Å².